The third-order valence-corrected chi connectivity index (χ3v) is 11.9. The van der Waals surface area contributed by atoms with E-state index in [-0.39, 0.29) is 48.3 Å². The number of likely N-dealkylation sites (tertiary alicyclic amines) is 1. The third-order valence-electron chi connectivity index (χ3n) is 11.6. The van der Waals surface area contributed by atoms with E-state index in [1.807, 2.05) is 6.07 Å². The van der Waals surface area contributed by atoms with E-state index >= 15 is 0 Å². The number of aliphatic hydroxyl groups excluding tert-OH is 2. The standard InChI is InChI=1S/C23H23FN6O4.C16H20FN3O3.C8H5ClN2O.ClH/c24-16-1-2-20-18(11-16)21(27-23(32)34-20)26-12-17(31)13-28-7-9-29(10-8-28)22-19-14-30(33)6-4-15(19)3-5-25-22;17-11-4-5-14-13(8-11)15(19-16(22)23-14)18-9-12(21)10-20-6-2-1-3-7-20;9-8-7-5-11(12)4-2-6(7)1-3-10-8;/h1-6,11,14,17,31H,7-10,12-13H2,(H,26,27,32);4-5,8,12,21H,1-3,6-7,9-10H2,(H,18,19,22);1-5H;1H. The molecule has 0 radical (unpaired) electrons. The van der Waals surface area contributed by atoms with Crippen molar-refractivity contribution in [1.82, 2.24) is 29.7 Å². The van der Waals surface area contributed by atoms with E-state index in [0.29, 0.717) is 65.3 Å². The quantitative estimate of drug-likeness (QED) is 0.0785. The molecule has 2 unspecified atom stereocenters. The minimum atomic E-state index is -0.795. The van der Waals surface area contributed by atoms with Gasteiger partial charge in [0.2, 0.25) is 0 Å². The zero-order valence-electron chi connectivity index (χ0n) is 37.5. The van der Waals surface area contributed by atoms with Crippen molar-refractivity contribution in [2.24, 2.45) is 0 Å². The number of nitrogens with one attached hydrogen (secondary N) is 2. The molecule has 368 valence electrons. The number of benzene rings is 2. The minimum absolute atomic E-state index is 0. The van der Waals surface area contributed by atoms with E-state index in [1.54, 1.807) is 30.6 Å². The van der Waals surface area contributed by atoms with Gasteiger partial charge in [0, 0.05) is 76.9 Å². The van der Waals surface area contributed by atoms with Gasteiger partial charge in [-0.3, -0.25) is 4.90 Å². The minimum Gasteiger partial charge on any atom is -0.619 e. The molecule has 8 heterocycles. The first-order valence-corrected chi connectivity index (χ1v) is 22.6. The Morgan fingerprint density at radius 1 is 0.657 bits per heavy atom. The van der Waals surface area contributed by atoms with Gasteiger partial charge in [0.05, 0.1) is 33.8 Å². The number of anilines is 3. The number of hydrogen-bond acceptors (Lipinski definition) is 17. The molecular formula is C47H49Cl2F2N11O8. The van der Waals surface area contributed by atoms with Gasteiger partial charge in [-0.1, -0.05) is 18.0 Å². The molecule has 0 spiro atoms. The number of hydrogen-bond donors (Lipinski definition) is 4. The van der Waals surface area contributed by atoms with Gasteiger partial charge in [-0.15, -0.1) is 12.4 Å². The number of β-amino-alcohol motifs (C(OH)–C–C–N with tert-alkyl or cyclic N) is 2. The molecule has 0 amide bonds. The first kappa shape index (κ1) is 51.0. The van der Waals surface area contributed by atoms with Crippen molar-refractivity contribution in [3.8, 4) is 0 Å². The summed E-state index contributed by atoms with van der Waals surface area (Å²) in [5, 5.41) is 53.6. The summed E-state index contributed by atoms with van der Waals surface area (Å²) in [5.41, 5.74) is 0.485. The summed E-state index contributed by atoms with van der Waals surface area (Å²) in [6.07, 6.45) is 11.4. The fourth-order valence-electron chi connectivity index (χ4n) is 8.19. The molecule has 19 nitrogen and oxygen atoms in total. The van der Waals surface area contributed by atoms with E-state index in [1.165, 1.54) is 67.6 Å². The summed E-state index contributed by atoms with van der Waals surface area (Å²) in [7, 11) is 0. The summed E-state index contributed by atoms with van der Waals surface area (Å²) >= 11 is 5.77. The summed E-state index contributed by atoms with van der Waals surface area (Å²) in [5.74, 6) is -1.28. The number of rotatable bonds is 11. The number of pyridine rings is 4. The lowest BCUT2D eigenvalue weighted by Gasteiger charge is -2.36. The molecular weight excluding hydrogens is 955 g/mol. The zero-order valence-corrected chi connectivity index (χ0v) is 39.1. The second-order valence-electron chi connectivity index (χ2n) is 16.5. The van der Waals surface area contributed by atoms with Crippen LogP contribution in [0, 0.1) is 22.0 Å². The smallest absolute Gasteiger partial charge is 0.441 e. The molecule has 6 aromatic heterocycles. The maximum absolute atomic E-state index is 13.6. The van der Waals surface area contributed by atoms with Crippen molar-refractivity contribution >= 4 is 84.9 Å². The molecule has 2 aliphatic heterocycles. The van der Waals surface area contributed by atoms with Crippen LogP contribution in [0.5, 0.6) is 0 Å². The van der Waals surface area contributed by atoms with Crippen LogP contribution in [0.2, 0.25) is 5.15 Å². The second-order valence-corrected chi connectivity index (χ2v) is 16.9. The molecule has 8 aromatic rings. The van der Waals surface area contributed by atoms with Gasteiger partial charge in [-0.25, -0.2) is 28.3 Å². The van der Waals surface area contributed by atoms with Crippen LogP contribution in [0.1, 0.15) is 19.3 Å². The average Bonchev–Trinajstić information content (AvgIpc) is 3.34. The van der Waals surface area contributed by atoms with Crippen LogP contribution < -0.4 is 36.5 Å². The normalized spacial score (nSPS) is 15.1. The van der Waals surface area contributed by atoms with Gasteiger partial charge in [0.1, 0.15) is 45.4 Å². The number of nitrogens with zero attached hydrogens (tertiary/aromatic N) is 9. The van der Waals surface area contributed by atoms with Crippen molar-refractivity contribution in [3.63, 3.8) is 0 Å². The van der Waals surface area contributed by atoms with Crippen molar-refractivity contribution in [3.05, 3.63) is 146 Å². The number of fused-ring (bicyclic) bond motifs is 4. The predicted molar refractivity (Wildman–Crippen MR) is 262 cm³/mol. The van der Waals surface area contributed by atoms with Crippen LogP contribution in [0.25, 0.3) is 43.5 Å². The molecule has 0 saturated carbocycles. The Morgan fingerprint density at radius 2 is 1.14 bits per heavy atom. The molecule has 2 aromatic carbocycles. The summed E-state index contributed by atoms with van der Waals surface area (Å²) in [4.78, 5) is 45.5. The maximum atomic E-state index is 13.6. The number of piperazine rings is 1. The monoisotopic (exact) mass is 1000 g/mol. The molecule has 0 aliphatic carbocycles. The fourth-order valence-corrected chi connectivity index (χ4v) is 8.40. The number of aromatic nitrogens is 6. The topological polar surface area (TPSA) is 240 Å². The van der Waals surface area contributed by atoms with Gasteiger partial charge < -0.3 is 49.9 Å². The highest BCUT2D eigenvalue weighted by Crippen LogP contribution is 2.25. The second kappa shape index (κ2) is 23.6. The lowest BCUT2D eigenvalue weighted by Crippen LogP contribution is -2.49. The lowest BCUT2D eigenvalue weighted by molar-refractivity contribution is -0.604. The number of aliphatic hydroxyl groups is 2. The van der Waals surface area contributed by atoms with Gasteiger partial charge in [0.15, 0.2) is 24.8 Å². The van der Waals surface area contributed by atoms with Crippen LogP contribution in [0.15, 0.2) is 116 Å². The first-order chi connectivity index (χ1) is 33.3. The van der Waals surface area contributed by atoms with Crippen molar-refractivity contribution in [2.45, 2.75) is 31.5 Å². The van der Waals surface area contributed by atoms with Gasteiger partial charge in [-0.2, -0.15) is 19.4 Å². The van der Waals surface area contributed by atoms with E-state index in [9.17, 15) is 39.0 Å². The number of piperidine rings is 1. The van der Waals surface area contributed by atoms with Crippen LogP contribution >= 0.6 is 24.0 Å². The van der Waals surface area contributed by atoms with Gasteiger partial charge >= 0.3 is 11.5 Å². The highest BCUT2D eigenvalue weighted by Gasteiger charge is 2.23. The third kappa shape index (κ3) is 13.3. The Hall–Kier alpha value is -6.88. The van der Waals surface area contributed by atoms with Crippen LogP contribution in [0.4, 0.5) is 26.2 Å². The Morgan fingerprint density at radius 3 is 1.69 bits per heavy atom. The highest BCUT2D eigenvalue weighted by molar-refractivity contribution is 6.34. The summed E-state index contributed by atoms with van der Waals surface area (Å²) in [6, 6.07) is 14.8. The van der Waals surface area contributed by atoms with E-state index in [4.69, 9.17) is 20.4 Å². The Labute approximate surface area is 409 Å². The Kier molecular flexibility index (Phi) is 17.2. The van der Waals surface area contributed by atoms with E-state index in [2.05, 4.69) is 45.3 Å². The molecule has 2 fully saturated rings. The van der Waals surface area contributed by atoms with Crippen molar-refractivity contribution < 1.29 is 37.3 Å². The van der Waals surface area contributed by atoms with Crippen LogP contribution in [-0.4, -0.2) is 118 Å². The molecule has 10 rings (SSSR count). The fraction of sp³-hybridized carbons (Fsp3) is 0.319. The molecule has 4 N–H and O–H groups in total. The van der Waals surface area contributed by atoms with Crippen molar-refractivity contribution in [1.29, 1.82) is 0 Å². The largest absolute Gasteiger partial charge is 0.619 e. The van der Waals surface area contributed by atoms with E-state index < -0.39 is 35.4 Å². The molecule has 2 saturated heterocycles. The van der Waals surface area contributed by atoms with E-state index in [0.717, 1.165) is 52.6 Å². The molecule has 2 atom stereocenters. The predicted octanol–water partition coefficient (Wildman–Crippen LogP) is 4.63. The lowest BCUT2D eigenvalue weighted by atomic mass is 10.1. The summed E-state index contributed by atoms with van der Waals surface area (Å²) < 4.78 is 38.4. The molecule has 2 aliphatic rings. The zero-order chi connectivity index (χ0) is 48.4. The molecule has 23 heteroatoms. The maximum Gasteiger partial charge on any atom is 0.441 e. The molecule has 70 heavy (non-hydrogen) atoms. The average molecular weight is 1000 g/mol. The number of halogens is 4. The van der Waals surface area contributed by atoms with Crippen LogP contribution in [-0.2, 0) is 0 Å². The summed E-state index contributed by atoms with van der Waals surface area (Å²) in [6.45, 7) is 6.17. The van der Waals surface area contributed by atoms with Crippen LogP contribution in [0.3, 0.4) is 0 Å². The first-order valence-electron chi connectivity index (χ1n) is 22.2. The Balaban J connectivity index is 0.000000172. The van der Waals surface area contributed by atoms with Gasteiger partial charge in [-0.05, 0) is 85.2 Å². The highest BCUT2D eigenvalue weighted by atomic mass is 35.5. The Bertz CT molecular complexity index is 3180. The SMILES string of the molecule is Cl.O=c1nc(NCC(O)CN2CCCCC2)c2cc(F)ccc2o1.O=c1nc(NCC(O)CN2CCN(c3nccc4cc[n+]([O-])cc34)CC2)c2cc(F)ccc2o1.[O-][n+]1ccc2ccnc(Cl)c2c1. The molecule has 0 bridgehead atoms. The van der Waals surface area contributed by atoms with Crippen molar-refractivity contribution in [2.75, 3.05) is 81.0 Å². The van der Waals surface area contributed by atoms with Gasteiger partial charge in [0.25, 0.3) is 0 Å².